The third-order valence-electron chi connectivity index (χ3n) is 3.81. The van der Waals surface area contributed by atoms with Crippen LogP contribution in [0.15, 0.2) is 12.1 Å². The van der Waals surface area contributed by atoms with Gasteiger partial charge in [0.2, 0.25) is 0 Å². The van der Waals surface area contributed by atoms with E-state index in [1.807, 2.05) is 12.1 Å². The minimum atomic E-state index is 0.0308. The fraction of sp³-hybridized carbons (Fsp3) is 0.643. The summed E-state index contributed by atoms with van der Waals surface area (Å²) in [7, 11) is 0. The summed E-state index contributed by atoms with van der Waals surface area (Å²) in [6, 6.07) is 3.92. The van der Waals surface area contributed by atoms with Crippen LogP contribution in [0, 0.1) is 11.8 Å². The van der Waals surface area contributed by atoms with Crippen LogP contribution in [0.25, 0.3) is 0 Å². The number of hydrogen-bond donors (Lipinski definition) is 2. The van der Waals surface area contributed by atoms with Crippen LogP contribution >= 0.6 is 11.3 Å². The molecule has 1 fully saturated rings. The molecule has 1 aromatic rings. The SMILES string of the molecule is CCc1ccc(C(=O)NCC2CCCC2CO)s1. The van der Waals surface area contributed by atoms with Gasteiger partial charge < -0.3 is 10.4 Å². The lowest BCUT2D eigenvalue weighted by Crippen LogP contribution is -2.31. The van der Waals surface area contributed by atoms with Crippen LogP contribution in [0.5, 0.6) is 0 Å². The zero-order chi connectivity index (χ0) is 13.0. The molecule has 4 heteroatoms. The second kappa shape index (κ2) is 6.34. The summed E-state index contributed by atoms with van der Waals surface area (Å²) < 4.78 is 0. The van der Waals surface area contributed by atoms with Gasteiger partial charge in [0.05, 0.1) is 4.88 Å². The lowest BCUT2D eigenvalue weighted by atomic mass is 9.97. The Morgan fingerprint density at radius 3 is 2.89 bits per heavy atom. The topological polar surface area (TPSA) is 49.3 Å². The number of hydrogen-bond acceptors (Lipinski definition) is 3. The molecule has 0 bridgehead atoms. The van der Waals surface area contributed by atoms with Gasteiger partial charge in [0.25, 0.3) is 5.91 Å². The van der Waals surface area contributed by atoms with E-state index in [1.165, 1.54) is 11.3 Å². The van der Waals surface area contributed by atoms with Crippen molar-refractivity contribution in [2.75, 3.05) is 13.2 Å². The Labute approximate surface area is 112 Å². The largest absolute Gasteiger partial charge is 0.396 e. The van der Waals surface area contributed by atoms with Crippen molar-refractivity contribution in [2.45, 2.75) is 32.6 Å². The molecule has 0 radical (unpaired) electrons. The monoisotopic (exact) mass is 267 g/mol. The Morgan fingerprint density at radius 1 is 1.44 bits per heavy atom. The number of rotatable bonds is 5. The van der Waals surface area contributed by atoms with Crippen molar-refractivity contribution in [3.8, 4) is 0 Å². The molecule has 2 unspecified atom stereocenters. The molecule has 1 aromatic heterocycles. The van der Waals surface area contributed by atoms with Gasteiger partial charge in [0.15, 0.2) is 0 Å². The Kier molecular flexibility index (Phi) is 4.78. The van der Waals surface area contributed by atoms with Crippen molar-refractivity contribution < 1.29 is 9.90 Å². The molecule has 1 saturated carbocycles. The van der Waals surface area contributed by atoms with Gasteiger partial charge in [-0.1, -0.05) is 13.3 Å². The van der Waals surface area contributed by atoms with Crippen molar-refractivity contribution in [2.24, 2.45) is 11.8 Å². The summed E-state index contributed by atoms with van der Waals surface area (Å²) in [5, 5.41) is 12.2. The molecule has 18 heavy (non-hydrogen) atoms. The summed E-state index contributed by atoms with van der Waals surface area (Å²) in [5.41, 5.74) is 0. The van der Waals surface area contributed by atoms with E-state index in [0.29, 0.717) is 18.4 Å². The van der Waals surface area contributed by atoms with E-state index in [1.54, 1.807) is 11.3 Å². The van der Waals surface area contributed by atoms with Gasteiger partial charge in [-0.15, -0.1) is 11.3 Å². The Balaban J connectivity index is 1.84. The van der Waals surface area contributed by atoms with Gasteiger partial charge in [-0.3, -0.25) is 4.79 Å². The number of amides is 1. The summed E-state index contributed by atoms with van der Waals surface area (Å²) in [6.45, 7) is 3.04. The van der Waals surface area contributed by atoms with E-state index < -0.39 is 0 Å². The van der Waals surface area contributed by atoms with E-state index in [0.717, 1.165) is 24.1 Å². The van der Waals surface area contributed by atoms with E-state index in [4.69, 9.17) is 0 Å². The first kappa shape index (κ1) is 13.6. The molecule has 100 valence electrons. The summed E-state index contributed by atoms with van der Waals surface area (Å²) in [5.74, 6) is 0.854. The first-order valence-electron chi connectivity index (χ1n) is 6.72. The number of carbonyl (C=O) groups excluding carboxylic acids is 1. The van der Waals surface area contributed by atoms with Crippen LogP contribution in [-0.2, 0) is 6.42 Å². The molecular weight excluding hydrogens is 246 g/mol. The predicted octanol–water partition coefficient (Wildman–Crippen LogP) is 2.45. The highest BCUT2D eigenvalue weighted by Crippen LogP contribution is 2.30. The molecule has 0 saturated heterocycles. The molecule has 1 amide bonds. The molecule has 1 aliphatic rings. The zero-order valence-corrected chi connectivity index (χ0v) is 11.6. The van der Waals surface area contributed by atoms with Gasteiger partial charge in [-0.25, -0.2) is 0 Å². The molecule has 2 atom stereocenters. The van der Waals surface area contributed by atoms with Gasteiger partial charge >= 0.3 is 0 Å². The summed E-state index contributed by atoms with van der Waals surface area (Å²) in [6.07, 6.45) is 4.37. The number of thiophene rings is 1. The highest BCUT2D eigenvalue weighted by molar-refractivity contribution is 7.14. The standard InChI is InChI=1S/C14H21NO2S/c1-2-12-6-7-13(18-12)14(17)15-8-10-4-3-5-11(10)9-16/h6-7,10-11,16H,2-5,8-9H2,1H3,(H,15,17). The highest BCUT2D eigenvalue weighted by Gasteiger charge is 2.26. The molecule has 0 spiro atoms. The van der Waals surface area contributed by atoms with Crippen LogP contribution in [-0.4, -0.2) is 24.2 Å². The molecule has 3 nitrogen and oxygen atoms in total. The van der Waals surface area contributed by atoms with Crippen LogP contribution in [0.3, 0.4) is 0 Å². The van der Waals surface area contributed by atoms with Crippen molar-refractivity contribution in [1.82, 2.24) is 5.32 Å². The van der Waals surface area contributed by atoms with Crippen molar-refractivity contribution in [1.29, 1.82) is 0 Å². The summed E-state index contributed by atoms with van der Waals surface area (Å²) >= 11 is 1.57. The molecule has 0 aliphatic heterocycles. The van der Waals surface area contributed by atoms with Crippen molar-refractivity contribution >= 4 is 17.2 Å². The molecule has 0 aromatic carbocycles. The van der Waals surface area contributed by atoms with Gasteiger partial charge in [-0.05, 0) is 43.2 Å². The third kappa shape index (κ3) is 3.12. The van der Waals surface area contributed by atoms with Crippen LogP contribution in [0.4, 0.5) is 0 Å². The summed E-state index contributed by atoms with van der Waals surface area (Å²) in [4.78, 5) is 14.0. The second-order valence-electron chi connectivity index (χ2n) is 4.96. The average Bonchev–Trinajstić information content (AvgIpc) is 3.04. The van der Waals surface area contributed by atoms with Crippen molar-refractivity contribution in [3.05, 3.63) is 21.9 Å². The first-order chi connectivity index (χ1) is 8.74. The number of aliphatic hydroxyl groups is 1. The maximum Gasteiger partial charge on any atom is 0.261 e. The smallest absolute Gasteiger partial charge is 0.261 e. The van der Waals surface area contributed by atoms with Crippen molar-refractivity contribution in [3.63, 3.8) is 0 Å². The fourth-order valence-electron chi connectivity index (χ4n) is 2.62. The number of nitrogens with one attached hydrogen (secondary N) is 1. The number of aryl methyl sites for hydroxylation is 1. The maximum atomic E-state index is 12.0. The predicted molar refractivity (Wildman–Crippen MR) is 73.9 cm³/mol. The number of carbonyl (C=O) groups is 1. The maximum absolute atomic E-state index is 12.0. The molecule has 1 aliphatic carbocycles. The highest BCUT2D eigenvalue weighted by atomic mass is 32.1. The lowest BCUT2D eigenvalue weighted by Gasteiger charge is -2.17. The quantitative estimate of drug-likeness (QED) is 0.861. The Hall–Kier alpha value is -0.870. The van der Waals surface area contributed by atoms with Crippen LogP contribution in [0.2, 0.25) is 0 Å². The number of aliphatic hydroxyl groups excluding tert-OH is 1. The normalized spacial score (nSPS) is 23.2. The van der Waals surface area contributed by atoms with E-state index in [-0.39, 0.29) is 12.5 Å². The third-order valence-corrected chi connectivity index (χ3v) is 5.04. The van der Waals surface area contributed by atoms with E-state index in [2.05, 4.69) is 12.2 Å². The van der Waals surface area contributed by atoms with Gasteiger partial charge in [0.1, 0.15) is 0 Å². The van der Waals surface area contributed by atoms with Gasteiger partial charge in [0, 0.05) is 18.0 Å². The van der Waals surface area contributed by atoms with E-state index >= 15 is 0 Å². The minimum absolute atomic E-state index is 0.0308. The molecule has 2 rings (SSSR count). The van der Waals surface area contributed by atoms with Crippen LogP contribution < -0.4 is 5.32 Å². The average molecular weight is 267 g/mol. The zero-order valence-electron chi connectivity index (χ0n) is 10.8. The Bertz CT molecular complexity index is 402. The van der Waals surface area contributed by atoms with Crippen LogP contribution in [0.1, 0.15) is 40.7 Å². The minimum Gasteiger partial charge on any atom is -0.396 e. The second-order valence-corrected chi connectivity index (χ2v) is 6.13. The molecular formula is C14H21NO2S. The van der Waals surface area contributed by atoms with E-state index in [9.17, 15) is 9.90 Å². The molecule has 1 heterocycles. The fourth-order valence-corrected chi connectivity index (χ4v) is 3.49. The first-order valence-corrected chi connectivity index (χ1v) is 7.54. The Morgan fingerprint density at radius 2 is 2.22 bits per heavy atom. The molecule has 2 N–H and O–H groups in total. The van der Waals surface area contributed by atoms with Gasteiger partial charge in [-0.2, -0.15) is 0 Å². The lowest BCUT2D eigenvalue weighted by molar-refractivity contribution is 0.0942.